The molecule has 1 aliphatic rings. The molecule has 146 valence electrons. The summed E-state index contributed by atoms with van der Waals surface area (Å²) < 4.78 is 1.97. The van der Waals surface area contributed by atoms with Crippen LogP contribution in [-0.2, 0) is 11.3 Å². The van der Waals surface area contributed by atoms with Gasteiger partial charge in [-0.05, 0) is 30.2 Å². The van der Waals surface area contributed by atoms with Crippen molar-refractivity contribution in [1.29, 1.82) is 0 Å². The zero-order chi connectivity index (χ0) is 20.5. The fourth-order valence-electron chi connectivity index (χ4n) is 3.17. The predicted molar refractivity (Wildman–Crippen MR) is 121 cm³/mol. The van der Waals surface area contributed by atoms with Gasteiger partial charge >= 0.3 is 0 Å². The zero-order valence-electron chi connectivity index (χ0n) is 15.9. The van der Waals surface area contributed by atoms with Gasteiger partial charge in [0.2, 0.25) is 0 Å². The molecule has 0 aliphatic carbocycles. The van der Waals surface area contributed by atoms with Crippen LogP contribution in [0.15, 0.2) is 58.4 Å². The minimum Gasteiger partial charge on any atom is -0.372 e. The Kier molecular flexibility index (Phi) is 5.21. The van der Waals surface area contributed by atoms with Crippen LogP contribution in [0.2, 0.25) is 0 Å². The van der Waals surface area contributed by atoms with E-state index in [-0.39, 0.29) is 11.5 Å². The number of anilines is 1. The summed E-state index contributed by atoms with van der Waals surface area (Å²) in [5.74, 6) is 0.220. The van der Waals surface area contributed by atoms with Gasteiger partial charge in [0.1, 0.15) is 15.8 Å². The molecule has 1 N–H and O–H groups in total. The summed E-state index contributed by atoms with van der Waals surface area (Å²) in [6, 6.07) is 13.4. The maximum absolute atomic E-state index is 13.1. The van der Waals surface area contributed by atoms with Crippen LogP contribution < -0.4 is 10.9 Å². The molecule has 0 bridgehead atoms. The average Bonchev–Trinajstić information content (AvgIpc) is 2.98. The average molecular weight is 423 g/mol. The van der Waals surface area contributed by atoms with E-state index < -0.39 is 0 Å². The third-order valence-corrected chi connectivity index (χ3v) is 6.03. The lowest BCUT2D eigenvalue weighted by atomic mass is 10.2. The van der Waals surface area contributed by atoms with Crippen LogP contribution in [0, 0.1) is 6.92 Å². The van der Waals surface area contributed by atoms with Crippen molar-refractivity contribution in [2.75, 3.05) is 12.4 Å². The number of carbonyl (C=O) groups excluding carboxylic acids is 1. The third kappa shape index (κ3) is 3.56. The van der Waals surface area contributed by atoms with Gasteiger partial charge in [0, 0.05) is 13.2 Å². The molecule has 3 heterocycles. The Hall–Kier alpha value is -2.97. The molecule has 8 heteroatoms. The highest BCUT2D eigenvalue weighted by molar-refractivity contribution is 8.26. The number of pyridine rings is 1. The Balaban J connectivity index is 1.75. The van der Waals surface area contributed by atoms with Crippen LogP contribution in [0.4, 0.5) is 5.82 Å². The fourth-order valence-corrected chi connectivity index (χ4v) is 4.40. The largest absolute Gasteiger partial charge is 0.372 e. The van der Waals surface area contributed by atoms with Gasteiger partial charge in [0.25, 0.3) is 11.5 Å². The molecule has 0 spiro atoms. The third-order valence-electron chi connectivity index (χ3n) is 4.65. The number of hydrogen-bond donors (Lipinski definition) is 1. The Labute approximate surface area is 177 Å². The first-order valence-electron chi connectivity index (χ1n) is 8.98. The van der Waals surface area contributed by atoms with Gasteiger partial charge in [-0.2, -0.15) is 0 Å². The van der Waals surface area contributed by atoms with Crippen LogP contribution in [0.5, 0.6) is 0 Å². The van der Waals surface area contributed by atoms with Crippen molar-refractivity contribution in [2.24, 2.45) is 0 Å². The Morgan fingerprint density at radius 1 is 1.17 bits per heavy atom. The SMILES string of the molecule is CNc1nc2c(C)cccn2c(=O)c1/C=C1\SC(=S)N(Cc2ccccc2)C1=O. The monoisotopic (exact) mass is 422 g/mol. The van der Waals surface area contributed by atoms with E-state index in [1.54, 1.807) is 30.3 Å². The van der Waals surface area contributed by atoms with Gasteiger partial charge in [-0.15, -0.1) is 0 Å². The summed E-state index contributed by atoms with van der Waals surface area (Å²) in [6.45, 7) is 2.30. The minimum atomic E-state index is -0.239. The van der Waals surface area contributed by atoms with E-state index in [1.165, 1.54) is 16.2 Å². The van der Waals surface area contributed by atoms with Crippen LogP contribution in [0.3, 0.4) is 0 Å². The van der Waals surface area contributed by atoms with Crippen molar-refractivity contribution in [3.05, 3.63) is 80.6 Å². The van der Waals surface area contributed by atoms with Gasteiger partial charge in [-0.3, -0.25) is 18.9 Å². The molecule has 29 heavy (non-hydrogen) atoms. The van der Waals surface area contributed by atoms with Crippen molar-refractivity contribution in [2.45, 2.75) is 13.5 Å². The molecular weight excluding hydrogens is 404 g/mol. The van der Waals surface area contributed by atoms with E-state index in [9.17, 15) is 9.59 Å². The summed E-state index contributed by atoms with van der Waals surface area (Å²) in [6.07, 6.45) is 3.26. The van der Waals surface area contributed by atoms with Crippen LogP contribution in [0.25, 0.3) is 11.7 Å². The highest BCUT2D eigenvalue weighted by Gasteiger charge is 2.32. The Bertz CT molecular complexity index is 1220. The number of hydrogen-bond acceptors (Lipinski definition) is 6. The lowest BCUT2D eigenvalue weighted by Crippen LogP contribution is -2.27. The van der Waals surface area contributed by atoms with Crippen molar-refractivity contribution >= 4 is 51.7 Å². The topological polar surface area (TPSA) is 66.7 Å². The molecule has 1 aliphatic heterocycles. The second-order valence-electron chi connectivity index (χ2n) is 6.57. The summed E-state index contributed by atoms with van der Waals surface area (Å²) in [4.78, 5) is 32.6. The molecular formula is C21H18N4O2S2. The summed E-state index contributed by atoms with van der Waals surface area (Å²) >= 11 is 6.61. The van der Waals surface area contributed by atoms with Crippen molar-refractivity contribution < 1.29 is 4.79 Å². The molecule has 3 aromatic rings. The molecule has 1 saturated heterocycles. The maximum atomic E-state index is 13.1. The van der Waals surface area contributed by atoms with Gasteiger partial charge in [-0.25, -0.2) is 4.98 Å². The highest BCUT2D eigenvalue weighted by Crippen LogP contribution is 2.34. The summed E-state index contributed by atoms with van der Waals surface area (Å²) in [5, 5.41) is 2.97. The van der Waals surface area contributed by atoms with Crippen LogP contribution in [0.1, 0.15) is 16.7 Å². The number of nitrogens with one attached hydrogen (secondary N) is 1. The zero-order valence-corrected chi connectivity index (χ0v) is 17.5. The summed E-state index contributed by atoms with van der Waals surface area (Å²) in [5.41, 5.74) is 2.55. The van der Waals surface area contributed by atoms with Gasteiger partial charge < -0.3 is 5.32 Å². The number of thioether (sulfide) groups is 1. The fraction of sp³-hybridized carbons (Fsp3) is 0.143. The van der Waals surface area contributed by atoms with Gasteiger partial charge in [0.15, 0.2) is 0 Å². The molecule has 6 nitrogen and oxygen atoms in total. The smallest absolute Gasteiger partial charge is 0.267 e. The van der Waals surface area contributed by atoms with E-state index in [1.807, 2.05) is 43.3 Å². The van der Waals surface area contributed by atoms with E-state index >= 15 is 0 Å². The quantitative estimate of drug-likeness (QED) is 0.513. The number of nitrogens with zero attached hydrogens (tertiary/aromatic N) is 3. The lowest BCUT2D eigenvalue weighted by molar-refractivity contribution is -0.122. The number of amides is 1. The van der Waals surface area contributed by atoms with E-state index in [2.05, 4.69) is 10.3 Å². The molecule has 0 saturated carbocycles. The molecule has 0 unspecified atom stereocenters. The number of benzene rings is 1. The normalized spacial score (nSPS) is 15.5. The first kappa shape index (κ1) is 19.4. The van der Waals surface area contributed by atoms with Crippen LogP contribution >= 0.6 is 24.0 Å². The number of fused-ring (bicyclic) bond motifs is 1. The molecule has 0 atom stereocenters. The predicted octanol–water partition coefficient (Wildman–Crippen LogP) is 3.45. The lowest BCUT2D eigenvalue weighted by Gasteiger charge is -2.14. The molecule has 1 amide bonds. The van der Waals surface area contributed by atoms with E-state index in [0.29, 0.717) is 32.8 Å². The van der Waals surface area contributed by atoms with E-state index in [0.717, 1.165) is 11.1 Å². The van der Waals surface area contributed by atoms with E-state index in [4.69, 9.17) is 12.2 Å². The van der Waals surface area contributed by atoms with Crippen molar-refractivity contribution in [1.82, 2.24) is 14.3 Å². The second kappa shape index (κ2) is 7.81. The van der Waals surface area contributed by atoms with Gasteiger partial charge in [-0.1, -0.05) is 60.4 Å². The number of carbonyl (C=O) groups is 1. The molecule has 0 radical (unpaired) electrons. The molecule has 1 aromatic carbocycles. The number of thiocarbonyl (C=S) groups is 1. The number of aromatic nitrogens is 2. The van der Waals surface area contributed by atoms with Crippen molar-refractivity contribution in [3.8, 4) is 0 Å². The molecule has 1 fully saturated rings. The number of rotatable bonds is 4. The molecule has 2 aromatic heterocycles. The Morgan fingerprint density at radius 2 is 1.93 bits per heavy atom. The molecule has 4 rings (SSSR count). The summed E-state index contributed by atoms with van der Waals surface area (Å²) in [7, 11) is 1.70. The second-order valence-corrected chi connectivity index (χ2v) is 8.24. The maximum Gasteiger partial charge on any atom is 0.267 e. The minimum absolute atomic E-state index is 0.209. The number of aryl methyl sites for hydroxylation is 1. The first-order chi connectivity index (χ1) is 14.0. The van der Waals surface area contributed by atoms with Gasteiger partial charge in [0.05, 0.1) is 17.0 Å². The highest BCUT2D eigenvalue weighted by atomic mass is 32.2. The Morgan fingerprint density at radius 3 is 2.66 bits per heavy atom. The standard InChI is InChI=1S/C21H18N4O2S2/c1-13-7-6-10-24-18(13)23-17(22-2)15(19(24)26)11-16-20(27)25(21(28)29-16)12-14-8-4-3-5-9-14/h3-11,22H,12H2,1-2H3/b16-11-. The van der Waals surface area contributed by atoms with Crippen molar-refractivity contribution in [3.63, 3.8) is 0 Å². The van der Waals surface area contributed by atoms with Crippen LogP contribution in [-0.4, -0.2) is 31.6 Å². The first-order valence-corrected chi connectivity index (χ1v) is 10.2.